The number of nitrogens with one attached hydrogen (secondary N) is 1. The van der Waals surface area contributed by atoms with Crippen molar-refractivity contribution in [3.63, 3.8) is 0 Å². The van der Waals surface area contributed by atoms with Gasteiger partial charge in [0.15, 0.2) is 17.7 Å². The van der Waals surface area contributed by atoms with Crippen LogP contribution in [0.3, 0.4) is 0 Å². The Hall–Kier alpha value is -2.87. The molecular formula is C20H22F7N3O4. The summed E-state index contributed by atoms with van der Waals surface area (Å²) in [7, 11) is 0. The number of benzene rings is 1. The predicted molar refractivity (Wildman–Crippen MR) is 104 cm³/mol. The number of carbonyl (C=O) groups is 1. The second kappa shape index (κ2) is 11.5. The first-order valence-corrected chi connectivity index (χ1v) is 9.86. The number of halogens is 7. The average molecular weight is 501 g/mol. The van der Waals surface area contributed by atoms with Crippen molar-refractivity contribution in [2.75, 3.05) is 18.5 Å². The first kappa shape index (κ1) is 27.4. The number of aliphatic hydroxyl groups is 1. The molecule has 0 spiro atoms. The Bertz CT molecular complexity index is 968. The monoisotopic (exact) mass is 501 g/mol. The van der Waals surface area contributed by atoms with E-state index in [0.717, 1.165) is 11.8 Å². The van der Waals surface area contributed by atoms with Gasteiger partial charge in [-0.3, -0.25) is 9.48 Å². The van der Waals surface area contributed by atoms with Crippen molar-refractivity contribution in [2.24, 2.45) is 5.92 Å². The molecule has 0 saturated carbocycles. The summed E-state index contributed by atoms with van der Waals surface area (Å²) in [5.41, 5.74) is 1.15. The van der Waals surface area contributed by atoms with Crippen molar-refractivity contribution >= 4 is 12.1 Å². The Balaban J connectivity index is 0.000000287. The van der Waals surface area contributed by atoms with Gasteiger partial charge in [0.05, 0.1) is 31.1 Å². The molecule has 1 amide bonds. The molecule has 2 N–H and O–H groups in total. The van der Waals surface area contributed by atoms with Crippen molar-refractivity contribution in [3.05, 3.63) is 41.2 Å². The maximum atomic E-state index is 13.6. The van der Waals surface area contributed by atoms with E-state index >= 15 is 0 Å². The van der Waals surface area contributed by atoms with Crippen LogP contribution in [0, 0.1) is 24.5 Å². The highest BCUT2D eigenvalue weighted by atomic mass is 19.4. The van der Waals surface area contributed by atoms with Gasteiger partial charge in [0.25, 0.3) is 0 Å². The van der Waals surface area contributed by atoms with Crippen molar-refractivity contribution in [1.82, 2.24) is 9.78 Å². The number of hydrogen-bond donors (Lipinski definition) is 2. The van der Waals surface area contributed by atoms with Crippen LogP contribution in [0.5, 0.6) is 5.75 Å². The highest BCUT2D eigenvalue weighted by molar-refractivity contribution is 5.71. The standard InChI is InChI=1S/C13H11F7O2.C7H11N3O2/c1-5-7(4-21-11(5)13(18,19)20)6-2-3-8(14)9(15)10(6)22-12(16)17;1-6-7(8-5-12)4-10(9-6)2-3-11/h2-3,5,7,11-12H,4H2,1H3;4-5,11H,2-3H2,1H3,(H,8,12). The fraction of sp³-hybridized carbons (Fsp3) is 0.500. The molecule has 1 saturated heterocycles. The lowest BCUT2D eigenvalue weighted by Crippen LogP contribution is -2.33. The molecule has 0 aliphatic carbocycles. The Morgan fingerprint density at radius 1 is 1.35 bits per heavy atom. The summed E-state index contributed by atoms with van der Waals surface area (Å²) in [6.07, 6.45) is -4.46. The largest absolute Gasteiger partial charge is 0.431 e. The van der Waals surface area contributed by atoms with Gasteiger partial charge in [0.2, 0.25) is 12.2 Å². The van der Waals surface area contributed by atoms with Gasteiger partial charge in [-0.1, -0.05) is 13.0 Å². The van der Waals surface area contributed by atoms with E-state index in [-0.39, 0.29) is 12.2 Å². The zero-order chi connectivity index (χ0) is 25.6. The number of alkyl halides is 5. The maximum Gasteiger partial charge on any atom is 0.414 e. The van der Waals surface area contributed by atoms with Gasteiger partial charge >= 0.3 is 12.8 Å². The lowest BCUT2D eigenvalue weighted by Gasteiger charge is -2.22. The minimum atomic E-state index is -4.64. The Kier molecular flexibility index (Phi) is 9.27. The molecule has 3 rings (SSSR count). The van der Waals surface area contributed by atoms with Gasteiger partial charge in [-0.05, 0) is 13.0 Å². The summed E-state index contributed by atoms with van der Waals surface area (Å²) in [6.45, 7) is -0.423. The zero-order valence-electron chi connectivity index (χ0n) is 18.0. The lowest BCUT2D eigenvalue weighted by molar-refractivity contribution is -0.215. The molecule has 3 unspecified atom stereocenters. The summed E-state index contributed by atoms with van der Waals surface area (Å²) < 4.78 is 99.9. The topological polar surface area (TPSA) is 85.6 Å². The molecule has 3 atom stereocenters. The summed E-state index contributed by atoms with van der Waals surface area (Å²) in [5, 5.41) is 15.2. The fourth-order valence-corrected chi connectivity index (χ4v) is 3.48. The quantitative estimate of drug-likeness (QED) is 0.443. The number of rotatable bonds is 7. The Morgan fingerprint density at radius 2 is 2.03 bits per heavy atom. The highest BCUT2D eigenvalue weighted by Crippen LogP contribution is 2.45. The molecule has 34 heavy (non-hydrogen) atoms. The van der Waals surface area contributed by atoms with Crippen LogP contribution in [0.1, 0.15) is 24.1 Å². The van der Waals surface area contributed by atoms with Crippen molar-refractivity contribution in [3.8, 4) is 5.75 Å². The number of anilines is 1. The van der Waals surface area contributed by atoms with E-state index in [1.807, 2.05) is 0 Å². The van der Waals surface area contributed by atoms with Gasteiger partial charge in [-0.2, -0.15) is 31.4 Å². The molecule has 1 aliphatic heterocycles. The van der Waals surface area contributed by atoms with E-state index in [1.165, 1.54) is 6.92 Å². The highest BCUT2D eigenvalue weighted by Gasteiger charge is 2.51. The van der Waals surface area contributed by atoms with Crippen LogP contribution in [0.4, 0.5) is 36.4 Å². The number of aromatic nitrogens is 2. The summed E-state index contributed by atoms with van der Waals surface area (Å²) in [5.74, 6) is -6.39. The van der Waals surface area contributed by atoms with Crippen LogP contribution in [-0.2, 0) is 16.1 Å². The van der Waals surface area contributed by atoms with E-state index in [1.54, 1.807) is 17.8 Å². The normalized spacial score (nSPS) is 20.1. The van der Waals surface area contributed by atoms with E-state index in [2.05, 4.69) is 19.9 Å². The van der Waals surface area contributed by atoms with Crippen molar-refractivity contribution in [1.29, 1.82) is 0 Å². The van der Waals surface area contributed by atoms with Crippen LogP contribution >= 0.6 is 0 Å². The summed E-state index contributed by atoms with van der Waals surface area (Å²) >= 11 is 0. The molecule has 14 heteroatoms. The Morgan fingerprint density at radius 3 is 2.56 bits per heavy atom. The number of carbonyl (C=O) groups excluding carboxylic acids is 1. The van der Waals surface area contributed by atoms with Gasteiger partial charge in [-0.25, -0.2) is 4.39 Å². The second-order valence-electron chi connectivity index (χ2n) is 7.30. The van der Waals surface area contributed by atoms with E-state index < -0.39 is 54.7 Å². The molecule has 1 aliphatic rings. The van der Waals surface area contributed by atoms with Gasteiger partial charge in [0.1, 0.15) is 0 Å². The summed E-state index contributed by atoms with van der Waals surface area (Å²) in [6, 6.07) is 1.58. The van der Waals surface area contributed by atoms with Crippen LogP contribution in [0.15, 0.2) is 18.3 Å². The molecular weight excluding hydrogens is 479 g/mol. The Labute approximate surface area is 189 Å². The number of nitrogens with zero attached hydrogens (tertiary/aromatic N) is 2. The first-order valence-electron chi connectivity index (χ1n) is 9.86. The smallest absolute Gasteiger partial charge is 0.414 e. The molecule has 1 fully saturated rings. The van der Waals surface area contributed by atoms with E-state index in [4.69, 9.17) is 5.11 Å². The average Bonchev–Trinajstić information content (AvgIpc) is 3.29. The SMILES string of the molecule is CC1C(c2ccc(F)c(F)c2OC(F)F)COC1C(F)(F)F.Cc1nn(CCO)cc1NC=O. The first-order chi connectivity index (χ1) is 15.9. The molecule has 2 heterocycles. The minimum Gasteiger partial charge on any atom is -0.431 e. The third-order valence-corrected chi connectivity index (χ3v) is 5.07. The molecule has 0 radical (unpaired) electrons. The summed E-state index contributed by atoms with van der Waals surface area (Å²) in [4.78, 5) is 10.1. The molecule has 7 nitrogen and oxygen atoms in total. The minimum absolute atomic E-state index is 0.0433. The number of amides is 1. The predicted octanol–water partition coefficient (Wildman–Crippen LogP) is 4.00. The molecule has 0 bridgehead atoms. The van der Waals surface area contributed by atoms with Gasteiger partial charge < -0.3 is 19.9 Å². The number of hydrogen-bond acceptors (Lipinski definition) is 5. The second-order valence-corrected chi connectivity index (χ2v) is 7.30. The van der Waals surface area contributed by atoms with Crippen molar-refractivity contribution < 1.29 is 50.1 Å². The molecule has 2 aromatic rings. The number of aliphatic hydroxyl groups excluding tert-OH is 1. The van der Waals surface area contributed by atoms with Crippen LogP contribution in [0.25, 0.3) is 0 Å². The van der Waals surface area contributed by atoms with Gasteiger partial charge in [0, 0.05) is 23.6 Å². The third kappa shape index (κ3) is 6.59. The zero-order valence-corrected chi connectivity index (χ0v) is 18.0. The van der Waals surface area contributed by atoms with Crippen LogP contribution in [-0.4, -0.2) is 53.4 Å². The molecule has 190 valence electrons. The van der Waals surface area contributed by atoms with Crippen LogP contribution < -0.4 is 10.1 Å². The molecule has 1 aromatic heterocycles. The van der Waals surface area contributed by atoms with E-state index in [9.17, 15) is 35.5 Å². The lowest BCUT2D eigenvalue weighted by atomic mass is 9.86. The molecule has 1 aromatic carbocycles. The van der Waals surface area contributed by atoms with Crippen molar-refractivity contribution in [2.45, 2.75) is 45.2 Å². The van der Waals surface area contributed by atoms with Crippen LogP contribution in [0.2, 0.25) is 0 Å². The third-order valence-electron chi connectivity index (χ3n) is 5.07. The van der Waals surface area contributed by atoms with E-state index in [0.29, 0.717) is 24.7 Å². The van der Waals surface area contributed by atoms with Gasteiger partial charge in [-0.15, -0.1) is 0 Å². The maximum absolute atomic E-state index is 13.6. The number of ether oxygens (including phenoxy) is 2. The fourth-order valence-electron chi connectivity index (χ4n) is 3.48. The number of aryl methyl sites for hydroxylation is 1.